The van der Waals surface area contributed by atoms with E-state index in [-0.39, 0.29) is 5.82 Å². The third-order valence-electron chi connectivity index (χ3n) is 3.83. The van der Waals surface area contributed by atoms with Crippen LogP contribution in [0.25, 0.3) is 0 Å². The van der Waals surface area contributed by atoms with Gasteiger partial charge in [0.05, 0.1) is 12.2 Å². The molecule has 0 amide bonds. The summed E-state index contributed by atoms with van der Waals surface area (Å²) in [6, 6.07) is 10.4. The van der Waals surface area contributed by atoms with Gasteiger partial charge in [0.15, 0.2) is 0 Å². The lowest BCUT2D eigenvalue weighted by Gasteiger charge is -2.23. The molecule has 1 saturated carbocycles. The van der Waals surface area contributed by atoms with Crippen LogP contribution in [-0.4, -0.2) is 12.6 Å². The molecule has 2 aromatic rings. The van der Waals surface area contributed by atoms with Gasteiger partial charge in [-0.05, 0) is 48.9 Å². The molecule has 112 valence electrons. The first-order chi connectivity index (χ1) is 10.3. The summed E-state index contributed by atoms with van der Waals surface area (Å²) < 4.78 is 14.4. The number of nitrogens with one attached hydrogen (secondary N) is 1. The number of hydrogen-bond acceptors (Lipinski definition) is 3. The van der Waals surface area contributed by atoms with Gasteiger partial charge in [-0.25, -0.2) is 4.39 Å². The van der Waals surface area contributed by atoms with E-state index in [9.17, 15) is 4.39 Å². The molecule has 1 heterocycles. The Morgan fingerprint density at radius 2 is 2.19 bits per heavy atom. The minimum atomic E-state index is -0.122. The number of thiophene rings is 1. The highest BCUT2D eigenvalue weighted by molar-refractivity contribution is 7.09. The monoisotopic (exact) mass is 304 g/mol. The normalized spacial score (nSPS) is 14.4. The van der Waals surface area contributed by atoms with Gasteiger partial charge in [0.1, 0.15) is 5.82 Å². The van der Waals surface area contributed by atoms with Crippen LogP contribution in [0.4, 0.5) is 10.1 Å². The van der Waals surface area contributed by atoms with E-state index in [0.717, 1.165) is 25.2 Å². The molecule has 0 bridgehead atoms. The molecule has 1 fully saturated rings. The van der Waals surface area contributed by atoms with Crippen molar-refractivity contribution >= 4 is 17.0 Å². The summed E-state index contributed by atoms with van der Waals surface area (Å²) in [5.74, 6) is -0.122. The molecular weight excluding hydrogens is 283 g/mol. The molecule has 0 spiro atoms. The second-order valence-electron chi connectivity index (χ2n) is 5.53. The topological polar surface area (TPSA) is 15.3 Å². The molecule has 0 aliphatic heterocycles. The third kappa shape index (κ3) is 3.83. The summed E-state index contributed by atoms with van der Waals surface area (Å²) in [6.07, 6.45) is 2.51. The first-order valence-electron chi connectivity index (χ1n) is 7.55. The lowest BCUT2D eigenvalue weighted by Crippen LogP contribution is -2.23. The lowest BCUT2D eigenvalue weighted by molar-refractivity contribution is 0.611. The van der Waals surface area contributed by atoms with E-state index in [1.54, 1.807) is 17.4 Å². The third-order valence-corrected chi connectivity index (χ3v) is 4.69. The van der Waals surface area contributed by atoms with Crippen LogP contribution in [0.3, 0.4) is 0 Å². The van der Waals surface area contributed by atoms with Crippen molar-refractivity contribution in [3.63, 3.8) is 0 Å². The SMILES string of the molecule is CCN(Cc1cccs1)c1ccc(CNC2CC2)cc1F. The number of nitrogens with zero attached hydrogens (tertiary/aromatic N) is 1. The van der Waals surface area contributed by atoms with Crippen molar-refractivity contribution in [1.82, 2.24) is 5.32 Å². The highest BCUT2D eigenvalue weighted by atomic mass is 32.1. The van der Waals surface area contributed by atoms with E-state index in [4.69, 9.17) is 0 Å². The Morgan fingerprint density at radius 1 is 1.33 bits per heavy atom. The Morgan fingerprint density at radius 3 is 2.81 bits per heavy atom. The van der Waals surface area contributed by atoms with Gasteiger partial charge in [-0.3, -0.25) is 0 Å². The zero-order valence-corrected chi connectivity index (χ0v) is 13.1. The van der Waals surface area contributed by atoms with Crippen LogP contribution in [0.15, 0.2) is 35.7 Å². The number of benzene rings is 1. The van der Waals surface area contributed by atoms with E-state index in [1.165, 1.54) is 17.7 Å². The summed E-state index contributed by atoms with van der Waals surface area (Å²) in [6.45, 7) is 4.40. The summed E-state index contributed by atoms with van der Waals surface area (Å²) >= 11 is 1.71. The van der Waals surface area contributed by atoms with Gasteiger partial charge in [-0.1, -0.05) is 12.1 Å². The van der Waals surface area contributed by atoms with Gasteiger partial charge in [0.25, 0.3) is 0 Å². The molecule has 0 unspecified atom stereocenters. The molecule has 0 atom stereocenters. The average Bonchev–Trinajstić information content (AvgIpc) is 3.18. The van der Waals surface area contributed by atoms with E-state index >= 15 is 0 Å². The fourth-order valence-electron chi connectivity index (χ4n) is 2.42. The first kappa shape index (κ1) is 14.5. The number of rotatable bonds is 7. The molecule has 1 N–H and O–H groups in total. The van der Waals surface area contributed by atoms with Crippen LogP contribution in [0.5, 0.6) is 0 Å². The highest BCUT2D eigenvalue weighted by Crippen LogP contribution is 2.24. The van der Waals surface area contributed by atoms with Gasteiger partial charge in [-0.2, -0.15) is 0 Å². The Labute approximate surface area is 129 Å². The molecule has 0 saturated heterocycles. The smallest absolute Gasteiger partial charge is 0.146 e. The van der Waals surface area contributed by atoms with Crippen molar-refractivity contribution < 1.29 is 4.39 Å². The Kier molecular flexibility index (Phi) is 4.56. The van der Waals surface area contributed by atoms with Crippen LogP contribution < -0.4 is 10.2 Å². The Bertz CT molecular complexity index is 578. The van der Waals surface area contributed by atoms with Crippen molar-refractivity contribution in [3.8, 4) is 0 Å². The van der Waals surface area contributed by atoms with Crippen molar-refractivity contribution in [1.29, 1.82) is 0 Å². The van der Waals surface area contributed by atoms with Crippen LogP contribution in [0.1, 0.15) is 30.2 Å². The van der Waals surface area contributed by atoms with E-state index < -0.39 is 0 Å². The van der Waals surface area contributed by atoms with Gasteiger partial charge in [0.2, 0.25) is 0 Å². The fourth-order valence-corrected chi connectivity index (χ4v) is 3.14. The van der Waals surface area contributed by atoms with Crippen molar-refractivity contribution in [3.05, 3.63) is 52.0 Å². The number of hydrogen-bond donors (Lipinski definition) is 1. The quantitative estimate of drug-likeness (QED) is 0.826. The molecule has 3 rings (SSSR count). The molecule has 1 aliphatic rings. The molecule has 4 heteroatoms. The summed E-state index contributed by atoms with van der Waals surface area (Å²) in [4.78, 5) is 3.34. The van der Waals surface area contributed by atoms with Crippen LogP contribution in [-0.2, 0) is 13.1 Å². The predicted molar refractivity (Wildman–Crippen MR) is 87.3 cm³/mol. The fraction of sp³-hybridized carbons (Fsp3) is 0.412. The van der Waals surface area contributed by atoms with E-state index in [2.05, 4.69) is 28.6 Å². The van der Waals surface area contributed by atoms with Crippen molar-refractivity contribution in [2.45, 2.75) is 38.9 Å². The zero-order chi connectivity index (χ0) is 14.7. The summed E-state index contributed by atoms with van der Waals surface area (Å²) in [5, 5.41) is 5.48. The van der Waals surface area contributed by atoms with Gasteiger partial charge >= 0.3 is 0 Å². The maximum Gasteiger partial charge on any atom is 0.146 e. The number of anilines is 1. The average molecular weight is 304 g/mol. The van der Waals surface area contributed by atoms with E-state index in [0.29, 0.717) is 11.7 Å². The minimum Gasteiger partial charge on any atom is -0.364 e. The maximum atomic E-state index is 14.4. The second kappa shape index (κ2) is 6.58. The molecule has 1 aromatic heterocycles. The van der Waals surface area contributed by atoms with Gasteiger partial charge in [-0.15, -0.1) is 11.3 Å². The molecule has 1 aliphatic carbocycles. The largest absolute Gasteiger partial charge is 0.364 e. The molecular formula is C17H21FN2S. The molecule has 21 heavy (non-hydrogen) atoms. The highest BCUT2D eigenvalue weighted by Gasteiger charge is 2.20. The molecule has 1 aromatic carbocycles. The van der Waals surface area contributed by atoms with Crippen LogP contribution in [0.2, 0.25) is 0 Å². The second-order valence-corrected chi connectivity index (χ2v) is 6.57. The zero-order valence-electron chi connectivity index (χ0n) is 12.3. The van der Waals surface area contributed by atoms with Crippen molar-refractivity contribution in [2.24, 2.45) is 0 Å². The van der Waals surface area contributed by atoms with Crippen LogP contribution >= 0.6 is 11.3 Å². The molecule has 2 nitrogen and oxygen atoms in total. The minimum absolute atomic E-state index is 0.122. The lowest BCUT2D eigenvalue weighted by atomic mass is 10.1. The van der Waals surface area contributed by atoms with Crippen LogP contribution in [0, 0.1) is 5.82 Å². The van der Waals surface area contributed by atoms with Gasteiger partial charge < -0.3 is 10.2 Å². The van der Waals surface area contributed by atoms with Gasteiger partial charge in [0, 0.05) is 24.0 Å². The maximum absolute atomic E-state index is 14.4. The predicted octanol–water partition coefficient (Wildman–Crippen LogP) is 4.17. The first-order valence-corrected chi connectivity index (χ1v) is 8.43. The Balaban J connectivity index is 1.70. The van der Waals surface area contributed by atoms with E-state index in [1.807, 2.05) is 18.2 Å². The summed E-state index contributed by atoms with van der Waals surface area (Å²) in [7, 11) is 0. The Hall–Kier alpha value is -1.39. The number of halogens is 1. The molecule has 0 radical (unpaired) electrons. The summed E-state index contributed by atoms with van der Waals surface area (Å²) in [5.41, 5.74) is 1.72. The standard InChI is InChI=1S/C17H21FN2S/c1-2-20(12-15-4-3-9-21-15)17-8-5-13(10-16(17)18)11-19-14-6-7-14/h3-5,8-10,14,19H,2,6-7,11-12H2,1H3. The van der Waals surface area contributed by atoms with Crippen molar-refractivity contribution in [2.75, 3.05) is 11.4 Å².